The molecular formula is C16H24N2O. The summed E-state index contributed by atoms with van der Waals surface area (Å²) in [6, 6.07) is 1.92. The molecule has 2 N–H and O–H groups in total. The first-order valence-corrected chi connectivity index (χ1v) is 7.59. The van der Waals surface area contributed by atoms with Gasteiger partial charge in [-0.2, -0.15) is 0 Å². The molecule has 0 aromatic carbocycles. The monoisotopic (exact) mass is 260 g/mol. The fraction of sp³-hybridized carbons (Fsp3) is 0.812. The number of rotatable bonds is 2. The van der Waals surface area contributed by atoms with Gasteiger partial charge in [0.2, 0.25) is 5.88 Å². The van der Waals surface area contributed by atoms with Crippen molar-refractivity contribution in [2.45, 2.75) is 58.8 Å². The van der Waals surface area contributed by atoms with E-state index in [1.54, 1.807) is 0 Å². The van der Waals surface area contributed by atoms with Gasteiger partial charge in [0.25, 0.3) is 0 Å². The highest BCUT2D eigenvalue weighted by molar-refractivity contribution is 5.26. The lowest BCUT2D eigenvalue weighted by Gasteiger charge is -2.65. The summed E-state index contributed by atoms with van der Waals surface area (Å²) in [6.45, 7) is 5.03. The molecule has 1 aromatic heterocycles. The van der Waals surface area contributed by atoms with Gasteiger partial charge in [-0.1, -0.05) is 19.0 Å². The minimum atomic E-state index is 0.456. The van der Waals surface area contributed by atoms with Gasteiger partial charge in [-0.05, 0) is 67.1 Å². The Balaban J connectivity index is 1.67. The largest absolute Gasteiger partial charge is 0.368 e. The highest BCUT2D eigenvalue weighted by Crippen LogP contribution is 2.70. The Kier molecular flexibility index (Phi) is 2.09. The third kappa shape index (κ3) is 1.81. The molecule has 1 heterocycles. The van der Waals surface area contributed by atoms with Crippen molar-refractivity contribution in [1.82, 2.24) is 5.16 Å². The van der Waals surface area contributed by atoms with Crippen molar-refractivity contribution < 1.29 is 4.52 Å². The molecule has 2 unspecified atom stereocenters. The van der Waals surface area contributed by atoms with Crippen LogP contribution in [0.4, 0.5) is 5.88 Å². The van der Waals surface area contributed by atoms with Gasteiger partial charge in [0, 0.05) is 6.07 Å². The van der Waals surface area contributed by atoms with Gasteiger partial charge in [0.05, 0.1) is 5.69 Å². The van der Waals surface area contributed by atoms with E-state index in [-0.39, 0.29) is 0 Å². The van der Waals surface area contributed by atoms with Crippen molar-refractivity contribution in [3.63, 3.8) is 0 Å². The average Bonchev–Trinajstić information content (AvgIpc) is 2.56. The van der Waals surface area contributed by atoms with Crippen molar-refractivity contribution in [3.8, 4) is 0 Å². The van der Waals surface area contributed by atoms with Crippen LogP contribution in [0.25, 0.3) is 0 Å². The van der Waals surface area contributed by atoms with Crippen LogP contribution in [-0.4, -0.2) is 5.16 Å². The Bertz CT molecular complexity index is 503. The first-order chi connectivity index (χ1) is 8.88. The maximum atomic E-state index is 5.67. The van der Waals surface area contributed by atoms with Crippen LogP contribution in [0.1, 0.15) is 58.1 Å². The molecule has 4 saturated carbocycles. The second-order valence-electron chi connectivity index (χ2n) is 8.53. The zero-order valence-electron chi connectivity index (χ0n) is 12.0. The molecule has 3 nitrogen and oxygen atoms in total. The number of aromatic nitrogens is 1. The summed E-state index contributed by atoms with van der Waals surface area (Å²) < 4.78 is 5.06. The van der Waals surface area contributed by atoms with E-state index >= 15 is 0 Å². The van der Waals surface area contributed by atoms with Crippen molar-refractivity contribution in [2.24, 2.45) is 22.2 Å². The summed E-state index contributed by atoms with van der Waals surface area (Å²) in [5.41, 5.74) is 8.34. The summed E-state index contributed by atoms with van der Waals surface area (Å²) in [5, 5.41) is 4.14. The van der Waals surface area contributed by atoms with Crippen molar-refractivity contribution in [2.75, 3.05) is 5.73 Å². The van der Waals surface area contributed by atoms with Crippen LogP contribution in [0, 0.1) is 22.2 Å². The second kappa shape index (κ2) is 3.36. The molecule has 19 heavy (non-hydrogen) atoms. The van der Waals surface area contributed by atoms with Crippen LogP contribution in [-0.2, 0) is 6.42 Å². The minimum Gasteiger partial charge on any atom is -0.368 e. The lowest BCUT2D eigenvalue weighted by Crippen LogP contribution is -2.55. The third-order valence-corrected chi connectivity index (χ3v) is 5.88. The lowest BCUT2D eigenvalue weighted by atomic mass is 9.40. The van der Waals surface area contributed by atoms with Crippen molar-refractivity contribution >= 4 is 5.88 Å². The van der Waals surface area contributed by atoms with E-state index in [0.717, 1.165) is 18.0 Å². The molecule has 104 valence electrons. The molecule has 0 aliphatic heterocycles. The van der Waals surface area contributed by atoms with E-state index in [0.29, 0.717) is 22.1 Å². The summed E-state index contributed by atoms with van der Waals surface area (Å²) >= 11 is 0. The normalized spacial score (nSPS) is 47.8. The molecule has 0 saturated heterocycles. The van der Waals surface area contributed by atoms with Gasteiger partial charge in [-0.3, -0.25) is 0 Å². The summed E-state index contributed by atoms with van der Waals surface area (Å²) in [4.78, 5) is 0. The van der Waals surface area contributed by atoms with Crippen molar-refractivity contribution in [3.05, 3.63) is 11.8 Å². The summed E-state index contributed by atoms with van der Waals surface area (Å²) in [6.07, 6.45) is 9.54. The number of hydrogen-bond donors (Lipinski definition) is 1. The smallest absolute Gasteiger partial charge is 0.222 e. The second-order valence-corrected chi connectivity index (χ2v) is 8.53. The van der Waals surface area contributed by atoms with Crippen LogP contribution < -0.4 is 5.73 Å². The Labute approximate surface area is 114 Å². The molecule has 4 bridgehead atoms. The highest BCUT2D eigenvalue weighted by atomic mass is 16.5. The van der Waals surface area contributed by atoms with E-state index in [9.17, 15) is 0 Å². The standard InChI is InChI=1S/C16H24N2O/c1-14-4-11-5-15(2,8-14)10-16(6-11,9-14)7-12-3-13(17)19-18-12/h3,11H,4-10,17H2,1-2H3. The van der Waals surface area contributed by atoms with Crippen LogP contribution >= 0.6 is 0 Å². The molecule has 0 spiro atoms. The fourth-order valence-electron chi connectivity index (χ4n) is 6.68. The topological polar surface area (TPSA) is 52.0 Å². The fourth-order valence-corrected chi connectivity index (χ4v) is 6.68. The molecule has 4 aliphatic rings. The number of nitrogens with two attached hydrogens (primary N) is 1. The quantitative estimate of drug-likeness (QED) is 0.880. The van der Waals surface area contributed by atoms with Gasteiger partial charge in [0.15, 0.2) is 0 Å². The molecule has 2 atom stereocenters. The summed E-state index contributed by atoms with van der Waals surface area (Å²) in [5.74, 6) is 1.40. The van der Waals surface area contributed by atoms with Gasteiger partial charge in [-0.15, -0.1) is 0 Å². The van der Waals surface area contributed by atoms with Crippen LogP contribution in [0.5, 0.6) is 0 Å². The predicted octanol–water partition coefficient (Wildman–Crippen LogP) is 3.80. The molecule has 3 heteroatoms. The Hall–Kier alpha value is -0.990. The lowest BCUT2D eigenvalue weighted by molar-refractivity contribution is -0.144. The number of nitrogens with zero attached hydrogens (tertiary/aromatic N) is 1. The molecule has 0 radical (unpaired) electrons. The molecule has 4 aliphatic carbocycles. The Morgan fingerprint density at radius 3 is 2.42 bits per heavy atom. The van der Waals surface area contributed by atoms with E-state index in [1.165, 1.54) is 38.5 Å². The first-order valence-electron chi connectivity index (χ1n) is 7.59. The maximum absolute atomic E-state index is 5.67. The van der Waals surface area contributed by atoms with Gasteiger partial charge in [0.1, 0.15) is 0 Å². The number of anilines is 1. The number of nitrogen functional groups attached to an aromatic ring is 1. The molecule has 5 rings (SSSR count). The SMILES string of the molecule is CC12CC3CC(C)(C1)CC(Cc1cc(N)on1)(C3)C2. The summed E-state index contributed by atoms with van der Waals surface area (Å²) in [7, 11) is 0. The first kappa shape index (κ1) is 11.8. The molecular weight excluding hydrogens is 236 g/mol. The zero-order valence-corrected chi connectivity index (χ0v) is 12.0. The van der Waals surface area contributed by atoms with E-state index in [1.807, 2.05) is 6.07 Å². The Morgan fingerprint density at radius 2 is 1.89 bits per heavy atom. The van der Waals surface area contributed by atoms with Crippen LogP contribution in [0.15, 0.2) is 10.6 Å². The van der Waals surface area contributed by atoms with Gasteiger partial charge in [-0.25, -0.2) is 0 Å². The third-order valence-electron chi connectivity index (χ3n) is 5.88. The minimum absolute atomic E-state index is 0.456. The average molecular weight is 260 g/mol. The molecule has 1 aromatic rings. The number of hydrogen-bond acceptors (Lipinski definition) is 3. The zero-order chi connectivity index (χ0) is 13.3. The van der Waals surface area contributed by atoms with E-state index in [2.05, 4.69) is 19.0 Å². The van der Waals surface area contributed by atoms with Crippen LogP contribution in [0.2, 0.25) is 0 Å². The Morgan fingerprint density at radius 1 is 1.21 bits per heavy atom. The predicted molar refractivity (Wildman–Crippen MR) is 74.5 cm³/mol. The maximum Gasteiger partial charge on any atom is 0.222 e. The van der Waals surface area contributed by atoms with Crippen molar-refractivity contribution in [1.29, 1.82) is 0 Å². The molecule has 0 amide bonds. The molecule has 4 fully saturated rings. The van der Waals surface area contributed by atoms with E-state index in [4.69, 9.17) is 10.3 Å². The highest BCUT2D eigenvalue weighted by Gasteiger charge is 2.59. The van der Waals surface area contributed by atoms with Gasteiger partial charge >= 0.3 is 0 Å². The van der Waals surface area contributed by atoms with Crippen LogP contribution in [0.3, 0.4) is 0 Å². The van der Waals surface area contributed by atoms with Gasteiger partial charge < -0.3 is 10.3 Å². The van der Waals surface area contributed by atoms with E-state index < -0.39 is 0 Å².